The van der Waals surface area contributed by atoms with Crippen molar-refractivity contribution in [2.24, 2.45) is 0 Å². The molecule has 0 unspecified atom stereocenters. The van der Waals surface area contributed by atoms with Gasteiger partial charge in [0.15, 0.2) is 5.78 Å². The number of carbonyl (C=O) groups is 1. The Bertz CT molecular complexity index is 408. The van der Waals surface area contributed by atoms with Crippen LogP contribution in [-0.4, -0.2) is 5.78 Å². The Morgan fingerprint density at radius 2 is 1.81 bits per heavy atom. The van der Waals surface area contributed by atoms with E-state index >= 15 is 0 Å². The number of Topliss-reactive ketones (excluding diaryl/α,β-unsaturated/α-hetero) is 1. The molecule has 0 N–H and O–H groups in total. The van der Waals surface area contributed by atoms with Crippen molar-refractivity contribution >= 4 is 5.78 Å². The molecule has 1 aromatic rings. The molecule has 0 aliphatic carbocycles. The zero-order chi connectivity index (χ0) is 12.5. The second-order valence-electron chi connectivity index (χ2n) is 3.12. The average molecular weight is 238 g/mol. The van der Waals surface area contributed by atoms with Gasteiger partial charge in [-0.25, -0.2) is 8.78 Å². The first-order valence-corrected chi connectivity index (χ1v) is 4.24. The van der Waals surface area contributed by atoms with Crippen molar-refractivity contribution in [3.63, 3.8) is 0 Å². The fourth-order valence-electron chi connectivity index (χ4n) is 1.36. The summed E-state index contributed by atoms with van der Waals surface area (Å²) in [5.74, 6) is -0.894. The molecule has 0 heterocycles. The molecule has 0 aliphatic rings. The number of alkyl halides is 5. The maximum Gasteiger partial charge on any atom is 0.417 e. The molecular formula is C10H7F5O. The van der Waals surface area contributed by atoms with E-state index in [1.807, 2.05) is 0 Å². The van der Waals surface area contributed by atoms with E-state index in [0.29, 0.717) is 6.07 Å². The van der Waals surface area contributed by atoms with Crippen LogP contribution in [0.25, 0.3) is 0 Å². The summed E-state index contributed by atoms with van der Waals surface area (Å²) < 4.78 is 62.4. The highest BCUT2D eigenvalue weighted by Crippen LogP contribution is 2.38. The van der Waals surface area contributed by atoms with Crippen molar-refractivity contribution in [2.45, 2.75) is 19.5 Å². The first-order chi connectivity index (χ1) is 7.25. The molecule has 0 saturated carbocycles. The summed E-state index contributed by atoms with van der Waals surface area (Å²) in [5.41, 5.74) is -3.44. The van der Waals surface area contributed by atoms with E-state index in [1.165, 1.54) is 0 Å². The van der Waals surface area contributed by atoms with E-state index in [2.05, 4.69) is 0 Å². The first-order valence-electron chi connectivity index (χ1n) is 4.24. The summed E-state index contributed by atoms with van der Waals surface area (Å²) in [6.07, 6.45) is -8.23. The molecule has 0 aromatic heterocycles. The van der Waals surface area contributed by atoms with E-state index in [1.54, 1.807) is 0 Å². The molecule has 0 amide bonds. The fourth-order valence-corrected chi connectivity index (χ4v) is 1.36. The largest absolute Gasteiger partial charge is 0.417 e. The van der Waals surface area contributed by atoms with Crippen LogP contribution in [0.5, 0.6) is 0 Å². The lowest BCUT2D eigenvalue weighted by molar-refractivity contribution is -0.139. The van der Waals surface area contributed by atoms with Gasteiger partial charge in [-0.2, -0.15) is 13.2 Å². The fraction of sp³-hybridized carbons (Fsp3) is 0.300. The molecule has 1 nitrogen and oxygen atoms in total. The summed E-state index contributed by atoms with van der Waals surface area (Å²) in [5, 5.41) is 0. The van der Waals surface area contributed by atoms with Crippen LogP contribution in [0.2, 0.25) is 0 Å². The summed E-state index contributed by atoms with van der Waals surface area (Å²) >= 11 is 0. The highest BCUT2D eigenvalue weighted by atomic mass is 19.4. The topological polar surface area (TPSA) is 17.1 Å². The number of hydrogen-bond acceptors (Lipinski definition) is 1. The monoisotopic (exact) mass is 238 g/mol. The lowest BCUT2D eigenvalue weighted by Crippen LogP contribution is -2.15. The van der Waals surface area contributed by atoms with E-state index < -0.39 is 35.1 Å². The highest BCUT2D eigenvalue weighted by molar-refractivity contribution is 5.96. The molecule has 1 aromatic carbocycles. The van der Waals surface area contributed by atoms with Crippen molar-refractivity contribution in [3.8, 4) is 0 Å². The molecule has 0 bridgehead atoms. The van der Waals surface area contributed by atoms with Crippen LogP contribution in [0, 0.1) is 0 Å². The second-order valence-corrected chi connectivity index (χ2v) is 3.12. The third-order valence-electron chi connectivity index (χ3n) is 1.99. The number of ketones is 1. The van der Waals surface area contributed by atoms with E-state index in [4.69, 9.17) is 0 Å². The van der Waals surface area contributed by atoms with Gasteiger partial charge in [0, 0.05) is 11.1 Å². The van der Waals surface area contributed by atoms with E-state index in [0.717, 1.165) is 19.1 Å². The molecule has 0 spiro atoms. The molecule has 0 aliphatic heterocycles. The summed E-state index contributed by atoms with van der Waals surface area (Å²) in [7, 11) is 0. The number of rotatable bonds is 2. The molecule has 0 fully saturated rings. The summed E-state index contributed by atoms with van der Waals surface area (Å²) in [6.45, 7) is 0.903. The van der Waals surface area contributed by atoms with Crippen molar-refractivity contribution < 1.29 is 26.7 Å². The Kier molecular flexibility index (Phi) is 3.30. The SMILES string of the molecule is CC(=O)c1cccc(C(F)F)c1C(F)(F)F. The lowest BCUT2D eigenvalue weighted by atomic mass is 9.98. The standard InChI is InChI=1S/C10H7F5O/c1-5(16)6-3-2-4-7(9(11)12)8(6)10(13,14)15/h2-4,9H,1H3. The van der Waals surface area contributed by atoms with E-state index in [-0.39, 0.29) is 0 Å². The van der Waals surface area contributed by atoms with Gasteiger partial charge in [-0.05, 0) is 6.92 Å². The van der Waals surface area contributed by atoms with Gasteiger partial charge in [-0.15, -0.1) is 0 Å². The van der Waals surface area contributed by atoms with Gasteiger partial charge in [0.2, 0.25) is 0 Å². The van der Waals surface area contributed by atoms with Crippen LogP contribution in [0.3, 0.4) is 0 Å². The highest BCUT2D eigenvalue weighted by Gasteiger charge is 2.38. The predicted molar refractivity (Wildman–Crippen MR) is 46.4 cm³/mol. The summed E-state index contributed by atoms with van der Waals surface area (Å²) in [4.78, 5) is 10.9. The van der Waals surface area contributed by atoms with Gasteiger partial charge in [0.1, 0.15) is 0 Å². The number of carbonyl (C=O) groups excluding carboxylic acids is 1. The van der Waals surface area contributed by atoms with Crippen molar-refractivity contribution in [1.82, 2.24) is 0 Å². The maximum atomic E-state index is 12.5. The van der Waals surface area contributed by atoms with Crippen molar-refractivity contribution in [3.05, 3.63) is 34.9 Å². The van der Waals surface area contributed by atoms with Crippen LogP contribution < -0.4 is 0 Å². The maximum absolute atomic E-state index is 12.5. The average Bonchev–Trinajstić information content (AvgIpc) is 2.15. The molecule has 16 heavy (non-hydrogen) atoms. The minimum Gasteiger partial charge on any atom is -0.294 e. The Balaban J connectivity index is 3.54. The number of halogens is 5. The molecule has 0 atom stereocenters. The summed E-state index contributed by atoms with van der Waals surface area (Å²) in [6, 6.07) is 2.56. The molecule has 88 valence electrons. The van der Waals surface area contributed by atoms with Crippen molar-refractivity contribution in [1.29, 1.82) is 0 Å². The van der Waals surface area contributed by atoms with Crippen LogP contribution in [-0.2, 0) is 6.18 Å². The zero-order valence-electron chi connectivity index (χ0n) is 8.11. The van der Waals surface area contributed by atoms with E-state index in [9.17, 15) is 26.7 Å². The van der Waals surface area contributed by atoms with Gasteiger partial charge in [-0.1, -0.05) is 18.2 Å². The molecule has 0 saturated heterocycles. The van der Waals surface area contributed by atoms with Gasteiger partial charge < -0.3 is 0 Å². The van der Waals surface area contributed by atoms with Gasteiger partial charge in [0.25, 0.3) is 6.43 Å². The quantitative estimate of drug-likeness (QED) is 0.565. The molecule has 0 radical (unpaired) electrons. The van der Waals surface area contributed by atoms with Crippen LogP contribution in [0.4, 0.5) is 22.0 Å². The zero-order valence-corrected chi connectivity index (χ0v) is 8.11. The Morgan fingerprint density at radius 3 is 2.19 bits per heavy atom. The second kappa shape index (κ2) is 4.19. The smallest absolute Gasteiger partial charge is 0.294 e. The van der Waals surface area contributed by atoms with Gasteiger partial charge >= 0.3 is 6.18 Å². The number of hydrogen-bond donors (Lipinski definition) is 0. The molecule has 1 rings (SSSR count). The molecule has 6 heteroatoms. The minimum absolute atomic E-state index is 0.667. The molecular weight excluding hydrogens is 231 g/mol. The lowest BCUT2D eigenvalue weighted by Gasteiger charge is -2.15. The van der Waals surface area contributed by atoms with Crippen LogP contribution >= 0.6 is 0 Å². The van der Waals surface area contributed by atoms with Gasteiger partial charge in [-0.3, -0.25) is 4.79 Å². The normalized spacial score (nSPS) is 11.9. The Hall–Kier alpha value is -1.46. The predicted octanol–water partition coefficient (Wildman–Crippen LogP) is 3.85. The van der Waals surface area contributed by atoms with Crippen LogP contribution in [0.1, 0.15) is 34.8 Å². The third kappa shape index (κ3) is 2.37. The third-order valence-corrected chi connectivity index (χ3v) is 1.99. The minimum atomic E-state index is -4.96. The van der Waals surface area contributed by atoms with Crippen LogP contribution in [0.15, 0.2) is 18.2 Å². The van der Waals surface area contributed by atoms with Gasteiger partial charge in [0.05, 0.1) is 5.56 Å². The number of benzene rings is 1. The first kappa shape index (κ1) is 12.6. The Labute approximate surface area is 87.9 Å². The van der Waals surface area contributed by atoms with Crippen molar-refractivity contribution in [2.75, 3.05) is 0 Å². The Morgan fingerprint density at radius 1 is 1.25 bits per heavy atom.